The van der Waals surface area contributed by atoms with Crippen LogP contribution >= 0.6 is 0 Å². The number of benzene rings is 2. The molecule has 0 radical (unpaired) electrons. The Kier molecular flexibility index (Phi) is 4.78. The Bertz CT molecular complexity index is 1220. The maximum atomic E-state index is 12.7. The highest BCUT2D eigenvalue weighted by Gasteiger charge is 2.15. The number of pyridine rings is 1. The van der Waals surface area contributed by atoms with Crippen molar-refractivity contribution in [2.24, 2.45) is 0 Å². The smallest absolute Gasteiger partial charge is 0.274 e. The van der Waals surface area contributed by atoms with Crippen LogP contribution < -0.4 is 5.32 Å². The fraction of sp³-hybridized carbons (Fsp3) is 0.0909. The number of carbonyl (C=O) groups excluding carboxylic acids is 1. The first kappa shape index (κ1) is 18.4. The third kappa shape index (κ3) is 3.70. The van der Waals surface area contributed by atoms with Gasteiger partial charge in [-0.3, -0.25) is 14.9 Å². The van der Waals surface area contributed by atoms with E-state index >= 15 is 0 Å². The van der Waals surface area contributed by atoms with E-state index < -0.39 is 4.92 Å². The van der Waals surface area contributed by atoms with Crippen molar-refractivity contribution in [3.05, 3.63) is 94.3 Å². The molecular formula is C22H18N4O3. The molecule has 1 N–H and O–H groups in total. The van der Waals surface area contributed by atoms with Gasteiger partial charge in [0.05, 0.1) is 10.6 Å². The second-order valence-electron chi connectivity index (χ2n) is 6.58. The molecular weight excluding hydrogens is 368 g/mol. The molecule has 7 nitrogen and oxygen atoms in total. The summed E-state index contributed by atoms with van der Waals surface area (Å²) in [6, 6.07) is 17.9. The lowest BCUT2D eigenvalue weighted by atomic mass is 10.1. The van der Waals surface area contributed by atoms with E-state index in [9.17, 15) is 14.9 Å². The highest BCUT2D eigenvalue weighted by Crippen LogP contribution is 2.24. The number of hydrogen-bond acceptors (Lipinski definition) is 4. The molecule has 0 aliphatic carbocycles. The number of aryl methyl sites for hydroxylation is 1. The van der Waals surface area contributed by atoms with Crippen molar-refractivity contribution < 1.29 is 9.72 Å². The molecule has 0 fully saturated rings. The molecule has 29 heavy (non-hydrogen) atoms. The lowest BCUT2D eigenvalue weighted by Gasteiger charge is -2.07. The third-order valence-corrected chi connectivity index (χ3v) is 4.71. The van der Waals surface area contributed by atoms with E-state index in [0.717, 1.165) is 11.3 Å². The van der Waals surface area contributed by atoms with Crippen molar-refractivity contribution >= 4 is 22.9 Å². The first-order chi connectivity index (χ1) is 14.0. The van der Waals surface area contributed by atoms with Gasteiger partial charge in [0.1, 0.15) is 5.65 Å². The molecule has 4 aromatic rings. The summed E-state index contributed by atoms with van der Waals surface area (Å²) in [4.78, 5) is 28.0. The SMILES string of the molecule is CCc1ccc(NC(=O)c2ccn3cc(-c4ccccc4)nc3c2)cc1[N+](=O)[O-]. The second-order valence-corrected chi connectivity index (χ2v) is 6.58. The number of carbonyl (C=O) groups is 1. The predicted octanol–water partition coefficient (Wildman–Crippen LogP) is 4.72. The van der Waals surface area contributed by atoms with Crippen LogP contribution in [0.1, 0.15) is 22.8 Å². The van der Waals surface area contributed by atoms with Gasteiger partial charge in [-0.25, -0.2) is 4.98 Å². The lowest BCUT2D eigenvalue weighted by molar-refractivity contribution is -0.385. The fourth-order valence-corrected chi connectivity index (χ4v) is 3.18. The number of fused-ring (bicyclic) bond motifs is 1. The van der Waals surface area contributed by atoms with Crippen LogP contribution in [0, 0.1) is 10.1 Å². The molecule has 7 heteroatoms. The van der Waals surface area contributed by atoms with Gasteiger partial charge in [-0.15, -0.1) is 0 Å². The Morgan fingerprint density at radius 2 is 1.93 bits per heavy atom. The number of nitrogens with one attached hydrogen (secondary N) is 1. The van der Waals surface area contributed by atoms with E-state index in [2.05, 4.69) is 10.3 Å². The molecule has 0 aliphatic rings. The number of nitro groups is 1. The number of nitro benzene ring substituents is 1. The number of amides is 1. The van der Waals surface area contributed by atoms with Crippen LogP contribution in [0.4, 0.5) is 11.4 Å². The Balaban J connectivity index is 1.60. The highest BCUT2D eigenvalue weighted by atomic mass is 16.6. The molecule has 0 bridgehead atoms. The van der Waals surface area contributed by atoms with Crippen molar-refractivity contribution in [2.75, 3.05) is 5.32 Å². The average molecular weight is 386 g/mol. The quantitative estimate of drug-likeness (QED) is 0.397. The van der Waals surface area contributed by atoms with Crippen LogP contribution in [-0.2, 0) is 6.42 Å². The molecule has 0 saturated heterocycles. The molecule has 4 rings (SSSR count). The molecule has 2 aromatic heterocycles. The summed E-state index contributed by atoms with van der Waals surface area (Å²) in [5.74, 6) is -0.352. The van der Waals surface area contributed by atoms with E-state index in [0.29, 0.717) is 28.9 Å². The van der Waals surface area contributed by atoms with E-state index in [-0.39, 0.29) is 11.6 Å². The number of nitrogens with zero attached hydrogens (tertiary/aromatic N) is 3. The van der Waals surface area contributed by atoms with Gasteiger partial charge in [0, 0.05) is 40.8 Å². The van der Waals surface area contributed by atoms with Gasteiger partial charge in [0.25, 0.3) is 11.6 Å². The van der Waals surface area contributed by atoms with Crippen molar-refractivity contribution in [3.63, 3.8) is 0 Å². The van der Waals surface area contributed by atoms with Crippen LogP contribution in [0.3, 0.4) is 0 Å². The van der Waals surface area contributed by atoms with Crippen molar-refractivity contribution in [3.8, 4) is 11.3 Å². The molecule has 1 amide bonds. The van der Waals surface area contributed by atoms with E-state index in [1.54, 1.807) is 30.5 Å². The second kappa shape index (κ2) is 7.55. The Morgan fingerprint density at radius 3 is 2.66 bits per heavy atom. The fourth-order valence-electron chi connectivity index (χ4n) is 3.18. The summed E-state index contributed by atoms with van der Waals surface area (Å²) in [6.45, 7) is 1.85. The normalized spacial score (nSPS) is 10.8. The van der Waals surface area contributed by atoms with Crippen LogP contribution in [0.15, 0.2) is 73.1 Å². The Labute approximate surface area is 166 Å². The lowest BCUT2D eigenvalue weighted by Crippen LogP contribution is -2.12. The van der Waals surface area contributed by atoms with Gasteiger partial charge in [-0.05, 0) is 24.6 Å². The summed E-state index contributed by atoms with van der Waals surface area (Å²) in [7, 11) is 0. The minimum atomic E-state index is -0.434. The van der Waals surface area contributed by atoms with Crippen molar-refractivity contribution in [2.45, 2.75) is 13.3 Å². The van der Waals surface area contributed by atoms with Crippen molar-refractivity contribution in [1.82, 2.24) is 9.38 Å². The van der Waals surface area contributed by atoms with Crippen LogP contribution in [0.2, 0.25) is 0 Å². The minimum absolute atomic E-state index is 0.00140. The summed E-state index contributed by atoms with van der Waals surface area (Å²) in [6.07, 6.45) is 4.22. The largest absolute Gasteiger partial charge is 0.322 e. The number of rotatable bonds is 5. The van der Waals surface area contributed by atoms with Gasteiger partial charge >= 0.3 is 0 Å². The molecule has 0 unspecified atom stereocenters. The third-order valence-electron chi connectivity index (χ3n) is 4.71. The summed E-state index contributed by atoms with van der Waals surface area (Å²) in [5.41, 5.74) is 3.88. The summed E-state index contributed by atoms with van der Waals surface area (Å²) >= 11 is 0. The van der Waals surface area contributed by atoms with Gasteiger partial charge in [0.2, 0.25) is 0 Å². The average Bonchev–Trinajstić information content (AvgIpc) is 3.17. The summed E-state index contributed by atoms with van der Waals surface area (Å²) in [5, 5.41) is 14.0. The molecule has 2 heterocycles. The highest BCUT2D eigenvalue weighted by molar-refractivity contribution is 6.05. The van der Waals surface area contributed by atoms with Gasteiger partial charge in [-0.1, -0.05) is 43.3 Å². The van der Waals surface area contributed by atoms with Gasteiger partial charge in [-0.2, -0.15) is 0 Å². The zero-order valence-electron chi connectivity index (χ0n) is 15.7. The standard InChI is InChI=1S/C22H18N4O3/c1-2-15-8-9-18(13-20(15)26(28)29)23-22(27)17-10-11-25-14-19(24-21(25)12-17)16-6-4-3-5-7-16/h3-14H,2H2,1H3,(H,23,27). The van der Waals surface area contributed by atoms with Crippen molar-refractivity contribution in [1.29, 1.82) is 0 Å². The molecule has 144 valence electrons. The minimum Gasteiger partial charge on any atom is -0.322 e. The number of imidazole rings is 1. The van der Waals surface area contributed by atoms with Crippen LogP contribution in [0.5, 0.6) is 0 Å². The summed E-state index contributed by atoms with van der Waals surface area (Å²) < 4.78 is 1.85. The van der Waals surface area contributed by atoms with E-state index in [1.165, 1.54) is 6.07 Å². The first-order valence-electron chi connectivity index (χ1n) is 9.18. The number of aromatic nitrogens is 2. The van der Waals surface area contributed by atoms with Crippen LogP contribution in [-0.4, -0.2) is 20.2 Å². The zero-order valence-corrected chi connectivity index (χ0v) is 15.7. The first-order valence-corrected chi connectivity index (χ1v) is 9.18. The Morgan fingerprint density at radius 1 is 1.14 bits per heavy atom. The molecule has 0 spiro atoms. The topological polar surface area (TPSA) is 89.5 Å². The van der Waals surface area contributed by atoms with E-state index in [4.69, 9.17) is 0 Å². The number of anilines is 1. The predicted molar refractivity (Wildman–Crippen MR) is 111 cm³/mol. The molecule has 0 saturated carbocycles. The molecule has 0 atom stereocenters. The van der Waals surface area contributed by atoms with E-state index in [1.807, 2.05) is 47.9 Å². The zero-order chi connectivity index (χ0) is 20.4. The van der Waals surface area contributed by atoms with Crippen LogP contribution in [0.25, 0.3) is 16.9 Å². The van der Waals surface area contributed by atoms with Gasteiger partial charge < -0.3 is 9.72 Å². The Hall–Kier alpha value is -4.00. The maximum absolute atomic E-state index is 12.7. The molecule has 2 aromatic carbocycles. The van der Waals surface area contributed by atoms with Gasteiger partial charge in [0.15, 0.2) is 0 Å². The maximum Gasteiger partial charge on any atom is 0.274 e. The molecule has 0 aliphatic heterocycles. The monoisotopic (exact) mass is 386 g/mol. The number of hydrogen-bond donors (Lipinski definition) is 1.